The van der Waals surface area contributed by atoms with Crippen molar-refractivity contribution in [2.75, 3.05) is 0 Å². The number of pyridine rings is 1. The maximum Gasteiger partial charge on any atom is 0.246 e. The van der Waals surface area contributed by atoms with Crippen LogP contribution in [0.2, 0.25) is 0 Å². The number of nitrogens with one attached hydrogen (secondary N) is 2. The van der Waals surface area contributed by atoms with Gasteiger partial charge < -0.3 is 4.98 Å². The molecule has 0 saturated heterocycles. The highest BCUT2D eigenvalue weighted by atomic mass is 32.2. The van der Waals surface area contributed by atoms with Gasteiger partial charge in [0.25, 0.3) is 0 Å². The van der Waals surface area contributed by atoms with E-state index in [-0.39, 0.29) is 10.9 Å². The van der Waals surface area contributed by atoms with Crippen molar-refractivity contribution in [3.8, 4) is 0 Å². The van der Waals surface area contributed by atoms with Crippen molar-refractivity contribution in [1.82, 2.24) is 9.71 Å². The van der Waals surface area contributed by atoms with Crippen molar-refractivity contribution in [3.05, 3.63) is 28.7 Å². The number of aromatic nitrogens is 1. The molecule has 0 radical (unpaired) electrons. The number of aromatic amines is 1. The van der Waals surface area contributed by atoms with E-state index in [1.165, 1.54) is 18.5 Å². The Kier molecular flexibility index (Phi) is 4.10. The molecule has 1 heterocycles. The van der Waals surface area contributed by atoms with Gasteiger partial charge in [0, 0.05) is 24.5 Å². The summed E-state index contributed by atoms with van der Waals surface area (Å²) >= 11 is 0. The van der Waals surface area contributed by atoms with E-state index in [9.17, 15) is 13.2 Å². The van der Waals surface area contributed by atoms with Gasteiger partial charge in [-0.3, -0.25) is 4.79 Å². The normalized spacial score (nSPS) is 28.2. The largest absolute Gasteiger partial charge is 0.366 e. The lowest BCUT2D eigenvalue weighted by molar-refractivity contribution is 0.249. The van der Waals surface area contributed by atoms with Crippen molar-refractivity contribution < 1.29 is 8.42 Å². The summed E-state index contributed by atoms with van der Waals surface area (Å²) < 4.78 is 27.1. The SMILES string of the molecule is CC1CCC(NS(=O)(=O)c2c[nH]ccc2=O)C(C)C1. The molecule has 2 rings (SSSR count). The van der Waals surface area contributed by atoms with Crippen LogP contribution in [0.15, 0.2) is 28.2 Å². The first-order chi connectivity index (χ1) is 8.90. The zero-order valence-corrected chi connectivity index (χ0v) is 12.0. The van der Waals surface area contributed by atoms with Crippen molar-refractivity contribution >= 4 is 10.0 Å². The van der Waals surface area contributed by atoms with E-state index in [1.54, 1.807) is 0 Å². The fourth-order valence-corrected chi connectivity index (χ4v) is 4.15. The van der Waals surface area contributed by atoms with Gasteiger partial charge >= 0.3 is 0 Å². The van der Waals surface area contributed by atoms with Crippen LogP contribution in [0, 0.1) is 11.8 Å². The van der Waals surface area contributed by atoms with Gasteiger partial charge in [0.2, 0.25) is 15.5 Å². The molecule has 3 unspecified atom stereocenters. The topological polar surface area (TPSA) is 79.0 Å². The summed E-state index contributed by atoms with van der Waals surface area (Å²) in [6.07, 6.45) is 5.51. The minimum atomic E-state index is -3.73. The molecule has 0 aliphatic heterocycles. The molecular formula is C13H20N2O3S. The van der Waals surface area contributed by atoms with Crippen LogP contribution < -0.4 is 10.2 Å². The summed E-state index contributed by atoms with van der Waals surface area (Å²) in [4.78, 5) is 14.0. The maximum atomic E-state index is 12.2. The molecule has 1 aliphatic rings. The van der Waals surface area contributed by atoms with Crippen LogP contribution in [0.1, 0.15) is 33.1 Å². The Morgan fingerprint density at radius 3 is 2.68 bits per heavy atom. The fourth-order valence-electron chi connectivity index (χ4n) is 2.71. The van der Waals surface area contributed by atoms with Gasteiger partial charge in [-0.2, -0.15) is 0 Å². The minimum absolute atomic E-state index is 0.0826. The Balaban J connectivity index is 2.19. The molecule has 0 amide bonds. The maximum absolute atomic E-state index is 12.2. The van der Waals surface area contributed by atoms with Gasteiger partial charge in [0.1, 0.15) is 4.90 Å². The van der Waals surface area contributed by atoms with Gasteiger partial charge in [-0.25, -0.2) is 13.1 Å². The molecule has 5 nitrogen and oxygen atoms in total. The number of rotatable bonds is 3. The van der Waals surface area contributed by atoms with Crippen molar-refractivity contribution in [2.24, 2.45) is 11.8 Å². The standard InChI is InChI=1S/C13H20N2O3S/c1-9-3-4-11(10(2)7-9)15-19(17,18)13-8-14-6-5-12(13)16/h5-6,8-11,15H,3-4,7H2,1-2H3,(H,14,16). The van der Waals surface area contributed by atoms with E-state index >= 15 is 0 Å². The zero-order valence-electron chi connectivity index (χ0n) is 11.2. The van der Waals surface area contributed by atoms with E-state index in [2.05, 4.69) is 23.6 Å². The Labute approximate surface area is 113 Å². The zero-order chi connectivity index (χ0) is 14.0. The van der Waals surface area contributed by atoms with Crippen LogP contribution in [0.25, 0.3) is 0 Å². The molecule has 106 valence electrons. The fraction of sp³-hybridized carbons (Fsp3) is 0.615. The number of hydrogen-bond acceptors (Lipinski definition) is 3. The highest BCUT2D eigenvalue weighted by molar-refractivity contribution is 7.89. The lowest BCUT2D eigenvalue weighted by Gasteiger charge is -2.32. The van der Waals surface area contributed by atoms with Crippen LogP contribution in [-0.2, 0) is 10.0 Å². The smallest absolute Gasteiger partial charge is 0.246 e. The van der Waals surface area contributed by atoms with Crippen LogP contribution in [0.4, 0.5) is 0 Å². The first kappa shape index (κ1) is 14.3. The molecule has 19 heavy (non-hydrogen) atoms. The molecule has 0 spiro atoms. The molecular weight excluding hydrogens is 264 g/mol. The first-order valence-corrected chi connectivity index (χ1v) is 8.08. The summed E-state index contributed by atoms with van der Waals surface area (Å²) in [6.45, 7) is 4.24. The number of H-pyrrole nitrogens is 1. The molecule has 6 heteroatoms. The highest BCUT2D eigenvalue weighted by Crippen LogP contribution is 2.29. The average molecular weight is 284 g/mol. The molecule has 0 bridgehead atoms. The molecule has 1 fully saturated rings. The average Bonchev–Trinajstić information content (AvgIpc) is 2.33. The van der Waals surface area contributed by atoms with Crippen molar-refractivity contribution in [2.45, 2.75) is 44.0 Å². The van der Waals surface area contributed by atoms with E-state index in [0.717, 1.165) is 19.3 Å². The predicted molar refractivity (Wildman–Crippen MR) is 73.4 cm³/mol. The van der Waals surface area contributed by atoms with Gasteiger partial charge in [0.05, 0.1) is 0 Å². The molecule has 1 saturated carbocycles. The lowest BCUT2D eigenvalue weighted by Crippen LogP contribution is -2.43. The van der Waals surface area contributed by atoms with Gasteiger partial charge in [-0.1, -0.05) is 13.8 Å². The van der Waals surface area contributed by atoms with Crippen molar-refractivity contribution in [1.29, 1.82) is 0 Å². The summed E-state index contributed by atoms with van der Waals surface area (Å²) in [5.74, 6) is 0.928. The number of sulfonamides is 1. The summed E-state index contributed by atoms with van der Waals surface area (Å²) in [5.41, 5.74) is -0.483. The quantitative estimate of drug-likeness (QED) is 0.882. The van der Waals surface area contributed by atoms with Gasteiger partial charge in [0.15, 0.2) is 0 Å². The van der Waals surface area contributed by atoms with E-state index in [0.29, 0.717) is 11.8 Å². The molecule has 3 atom stereocenters. The van der Waals surface area contributed by atoms with Crippen LogP contribution in [-0.4, -0.2) is 19.4 Å². The van der Waals surface area contributed by atoms with Crippen molar-refractivity contribution in [3.63, 3.8) is 0 Å². The Morgan fingerprint density at radius 2 is 2.05 bits per heavy atom. The van der Waals surface area contributed by atoms with Gasteiger partial charge in [-0.05, 0) is 31.1 Å². The Hall–Kier alpha value is -1.14. The first-order valence-electron chi connectivity index (χ1n) is 6.59. The molecule has 1 aliphatic carbocycles. The monoisotopic (exact) mass is 284 g/mol. The Bertz CT molecular complexity index is 594. The van der Waals surface area contributed by atoms with Gasteiger partial charge in [-0.15, -0.1) is 0 Å². The van der Waals surface area contributed by atoms with E-state index in [4.69, 9.17) is 0 Å². The summed E-state index contributed by atoms with van der Waals surface area (Å²) in [7, 11) is -3.73. The van der Waals surface area contributed by atoms with E-state index in [1.807, 2.05) is 0 Å². The summed E-state index contributed by atoms with van der Waals surface area (Å²) in [5, 5.41) is 0. The van der Waals surface area contributed by atoms with Crippen LogP contribution >= 0.6 is 0 Å². The number of hydrogen-bond donors (Lipinski definition) is 2. The summed E-state index contributed by atoms with van der Waals surface area (Å²) in [6, 6.07) is 1.14. The molecule has 2 N–H and O–H groups in total. The van der Waals surface area contributed by atoms with E-state index < -0.39 is 15.5 Å². The second-order valence-corrected chi connectivity index (χ2v) is 7.18. The predicted octanol–water partition coefficient (Wildman–Crippen LogP) is 1.48. The third-order valence-electron chi connectivity index (χ3n) is 3.82. The molecule has 1 aromatic rings. The second kappa shape index (κ2) is 5.46. The van der Waals surface area contributed by atoms with Crippen LogP contribution in [0.3, 0.4) is 0 Å². The third kappa shape index (κ3) is 3.25. The Morgan fingerprint density at radius 1 is 1.32 bits per heavy atom. The minimum Gasteiger partial charge on any atom is -0.366 e. The molecule has 1 aromatic heterocycles. The molecule has 0 aromatic carbocycles. The van der Waals surface area contributed by atoms with Crippen LogP contribution in [0.5, 0.6) is 0 Å². The third-order valence-corrected chi connectivity index (χ3v) is 5.33. The second-order valence-electron chi connectivity index (χ2n) is 5.50. The lowest BCUT2D eigenvalue weighted by atomic mass is 9.80. The highest BCUT2D eigenvalue weighted by Gasteiger charge is 2.30.